The summed E-state index contributed by atoms with van der Waals surface area (Å²) in [5.41, 5.74) is 8.25. The number of nitrogens with zero attached hydrogens (tertiary/aromatic N) is 3. The number of nitrogens with two attached hydrogens (primary N) is 1. The molecular weight excluding hydrogens is 268 g/mol. The molecule has 3 rings (SSSR count). The lowest BCUT2D eigenvalue weighted by Crippen LogP contribution is -2.09. The van der Waals surface area contributed by atoms with Gasteiger partial charge in [-0.1, -0.05) is 17.3 Å². The minimum Gasteiger partial charge on any atom is -0.461 e. The van der Waals surface area contributed by atoms with E-state index in [2.05, 4.69) is 10.3 Å². The molecule has 6 heteroatoms. The second-order valence-electron chi connectivity index (χ2n) is 5.25. The van der Waals surface area contributed by atoms with Gasteiger partial charge in [0.05, 0.1) is 6.61 Å². The third-order valence-corrected chi connectivity index (χ3v) is 3.52. The van der Waals surface area contributed by atoms with E-state index in [1.54, 1.807) is 23.7 Å². The maximum Gasteiger partial charge on any atom is 0.361 e. The third-order valence-electron chi connectivity index (χ3n) is 3.52. The monoisotopic (exact) mass is 286 g/mol. The quantitative estimate of drug-likeness (QED) is 0.672. The topological polar surface area (TPSA) is 83.0 Å². The van der Waals surface area contributed by atoms with Crippen molar-refractivity contribution in [1.82, 2.24) is 15.0 Å². The highest BCUT2D eigenvalue weighted by molar-refractivity contribution is 5.94. The van der Waals surface area contributed by atoms with Crippen molar-refractivity contribution in [3.8, 4) is 11.3 Å². The molecule has 0 radical (unpaired) electrons. The van der Waals surface area contributed by atoms with Crippen LogP contribution in [0.2, 0.25) is 0 Å². The van der Waals surface area contributed by atoms with E-state index in [1.807, 2.05) is 12.1 Å². The second kappa shape index (κ2) is 5.55. The lowest BCUT2D eigenvalue weighted by molar-refractivity contribution is 0.0520. The molecule has 1 aromatic heterocycles. The van der Waals surface area contributed by atoms with Crippen molar-refractivity contribution < 1.29 is 9.53 Å². The number of carbonyl (C=O) groups excluding carboxylic acids is 1. The zero-order valence-corrected chi connectivity index (χ0v) is 12.0. The lowest BCUT2D eigenvalue weighted by Gasteiger charge is -2.08. The van der Waals surface area contributed by atoms with Crippen LogP contribution in [0.3, 0.4) is 0 Å². The van der Waals surface area contributed by atoms with Crippen molar-refractivity contribution in [3.05, 3.63) is 30.0 Å². The Labute approximate surface area is 122 Å². The maximum atomic E-state index is 12.1. The van der Waals surface area contributed by atoms with E-state index in [0.717, 1.165) is 12.1 Å². The fourth-order valence-corrected chi connectivity index (χ4v) is 2.25. The van der Waals surface area contributed by atoms with Crippen LogP contribution in [0.25, 0.3) is 11.3 Å². The van der Waals surface area contributed by atoms with Crippen LogP contribution in [0.4, 0.5) is 5.69 Å². The molecule has 1 fully saturated rings. The first kappa shape index (κ1) is 13.6. The number of esters is 1. The van der Waals surface area contributed by atoms with Crippen molar-refractivity contribution >= 4 is 11.7 Å². The zero-order valence-electron chi connectivity index (χ0n) is 12.0. The number of hydrogen-bond acceptors (Lipinski definition) is 5. The Balaban J connectivity index is 2.02. The maximum absolute atomic E-state index is 12.1. The molecule has 2 aromatic rings. The van der Waals surface area contributed by atoms with E-state index in [4.69, 9.17) is 10.5 Å². The summed E-state index contributed by atoms with van der Waals surface area (Å²) in [6.45, 7) is 2.87. The predicted molar refractivity (Wildman–Crippen MR) is 78.6 cm³/mol. The van der Waals surface area contributed by atoms with Gasteiger partial charge in [0.25, 0.3) is 0 Å². The molecule has 21 heavy (non-hydrogen) atoms. The number of hydrogen-bond donors (Lipinski definition) is 1. The first-order valence-corrected chi connectivity index (χ1v) is 7.15. The number of carbonyl (C=O) groups is 1. The van der Waals surface area contributed by atoms with Crippen LogP contribution in [0, 0.1) is 5.92 Å². The van der Waals surface area contributed by atoms with Crippen LogP contribution in [0.15, 0.2) is 24.3 Å². The molecule has 0 bridgehead atoms. The number of anilines is 1. The Bertz CT molecular complexity index is 644. The Kier molecular flexibility index (Phi) is 3.60. The van der Waals surface area contributed by atoms with E-state index in [0.29, 0.717) is 23.9 Å². The fourth-order valence-electron chi connectivity index (χ4n) is 2.25. The Hall–Kier alpha value is -2.37. The number of ether oxygens (including phenoxy) is 1. The van der Waals surface area contributed by atoms with E-state index >= 15 is 0 Å². The normalized spacial score (nSPS) is 14.1. The van der Waals surface area contributed by atoms with Crippen LogP contribution in [-0.2, 0) is 11.3 Å². The molecule has 1 aliphatic carbocycles. The molecule has 0 saturated heterocycles. The summed E-state index contributed by atoms with van der Waals surface area (Å²) in [6, 6.07) is 7.36. The summed E-state index contributed by atoms with van der Waals surface area (Å²) in [5.74, 6) is 0.195. The van der Waals surface area contributed by atoms with Gasteiger partial charge in [-0.15, -0.1) is 5.10 Å². The van der Waals surface area contributed by atoms with Crippen molar-refractivity contribution in [2.24, 2.45) is 5.92 Å². The van der Waals surface area contributed by atoms with Crippen LogP contribution in [-0.4, -0.2) is 27.6 Å². The van der Waals surface area contributed by atoms with Crippen LogP contribution in [0.1, 0.15) is 30.3 Å². The van der Waals surface area contributed by atoms with Gasteiger partial charge in [0.1, 0.15) is 5.69 Å². The Morgan fingerprint density at radius 1 is 1.38 bits per heavy atom. The van der Waals surface area contributed by atoms with Crippen LogP contribution < -0.4 is 5.73 Å². The highest BCUT2D eigenvalue weighted by Crippen LogP contribution is 2.33. The van der Waals surface area contributed by atoms with Gasteiger partial charge < -0.3 is 10.5 Å². The molecule has 1 aliphatic rings. The molecule has 0 atom stereocenters. The highest BCUT2D eigenvalue weighted by atomic mass is 16.5. The highest BCUT2D eigenvalue weighted by Gasteiger charge is 2.27. The Morgan fingerprint density at radius 3 is 2.71 bits per heavy atom. The predicted octanol–water partition coefficient (Wildman–Crippen LogP) is 2.11. The van der Waals surface area contributed by atoms with E-state index in [1.165, 1.54) is 12.8 Å². The minimum absolute atomic E-state index is 0.266. The molecule has 1 heterocycles. The lowest BCUT2D eigenvalue weighted by atomic mass is 10.1. The average molecular weight is 286 g/mol. The van der Waals surface area contributed by atoms with Crippen molar-refractivity contribution in [1.29, 1.82) is 0 Å². The zero-order chi connectivity index (χ0) is 14.8. The van der Waals surface area contributed by atoms with Gasteiger partial charge >= 0.3 is 5.97 Å². The average Bonchev–Trinajstić information content (AvgIpc) is 3.18. The van der Waals surface area contributed by atoms with Gasteiger partial charge in [-0.3, -0.25) is 0 Å². The molecule has 2 N–H and O–H groups in total. The third kappa shape index (κ3) is 2.89. The molecule has 1 saturated carbocycles. The largest absolute Gasteiger partial charge is 0.461 e. The second-order valence-corrected chi connectivity index (χ2v) is 5.25. The standard InChI is InChI=1S/C15H18N4O2/c1-2-21-15(20)13-14(11-5-7-12(16)8-6-11)19(18-17-13)9-10-3-4-10/h5-8,10H,2-4,9,16H2,1H3. The summed E-state index contributed by atoms with van der Waals surface area (Å²) in [5, 5.41) is 8.15. The summed E-state index contributed by atoms with van der Waals surface area (Å²) >= 11 is 0. The molecule has 0 aliphatic heterocycles. The Morgan fingerprint density at radius 2 is 2.10 bits per heavy atom. The summed E-state index contributed by atoms with van der Waals surface area (Å²) < 4.78 is 6.87. The number of benzene rings is 1. The van der Waals surface area contributed by atoms with E-state index < -0.39 is 5.97 Å². The first-order chi connectivity index (χ1) is 10.2. The van der Waals surface area contributed by atoms with Crippen LogP contribution in [0.5, 0.6) is 0 Å². The summed E-state index contributed by atoms with van der Waals surface area (Å²) in [4.78, 5) is 12.1. The SMILES string of the molecule is CCOC(=O)c1nnn(CC2CC2)c1-c1ccc(N)cc1. The van der Waals surface area contributed by atoms with Crippen molar-refractivity contribution in [2.45, 2.75) is 26.3 Å². The molecule has 110 valence electrons. The fraction of sp³-hybridized carbons (Fsp3) is 0.400. The van der Waals surface area contributed by atoms with Crippen molar-refractivity contribution in [2.75, 3.05) is 12.3 Å². The molecule has 6 nitrogen and oxygen atoms in total. The van der Waals surface area contributed by atoms with Gasteiger partial charge in [0.2, 0.25) is 0 Å². The van der Waals surface area contributed by atoms with Gasteiger partial charge in [0.15, 0.2) is 5.69 Å². The van der Waals surface area contributed by atoms with Gasteiger partial charge in [-0.25, -0.2) is 9.48 Å². The molecular formula is C15H18N4O2. The van der Waals surface area contributed by atoms with Gasteiger partial charge in [0, 0.05) is 17.8 Å². The van der Waals surface area contributed by atoms with E-state index in [9.17, 15) is 4.79 Å². The molecule has 0 spiro atoms. The summed E-state index contributed by atoms with van der Waals surface area (Å²) in [6.07, 6.45) is 2.41. The first-order valence-electron chi connectivity index (χ1n) is 7.15. The minimum atomic E-state index is -0.439. The van der Waals surface area contributed by atoms with Gasteiger partial charge in [-0.05, 0) is 37.8 Å². The van der Waals surface area contributed by atoms with Crippen molar-refractivity contribution in [3.63, 3.8) is 0 Å². The van der Waals surface area contributed by atoms with Crippen LogP contribution >= 0.6 is 0 Å². The van der Waals surface area contributed by atoms with E-state index in [-0.39, 0.29) is 5.69 Å². The molecule has 0 amide bonds. The smallest absolute Gasteiger partial charge is 0.361 e. The molecule has 1 aromatic carbocycles. The summed E-state index contributed by atoms with van der Waals surface area (Å²) in [7, 11) is 0. The molecule has 0 unspecified atom stereocenters. The number of rotatable bonds is 5. The number of nitrogen functional groups attached to an aromatic ring is 1. The van der Waals surface area contributed by atoms with Gasteiger partial charge in [-0.2, -0.15) is 0 Å². The number of aromatic nitrogens is 3.